The SMILES string of the molecule is Cc1ccc(CCCC(=O)N2CCNCC2)cc1. The maximum Gasteiger partial charge on any atom is 0.222 e. The first-order valence-corrected chi connectivity index (χ1v) is 6.80. The minimum atomic E-state index is 0.309. The van der Waals surface area contributed by atoms with E-state index in [1.165, 1.54) is 11.1 Å². The number of amides is 1. The van der Waals surface area contributed by atoms with Gasteiger partial charge in [0.2, 0.25) is 5.91 Å². The maximum atomic E-state index is 11.9. The number of piperazine rings is 1. The molecule has 1 aliphatic rings. The van der Waals surface area contributed by atoms with E-state index < -0.39 is 0 Å². The summed E-state index contributed by atoms with van der Waals surface area (Å²) in [4.78, 5) is 13.9. The van der Waals surface area contributed by atoms with Crippen LogP contribution in [0.5, 0.6) is 0 Å². The van der Waals surface area contributed by atoms with Gasteiger partial charge in [-0.2, -0.15) is 0 Å². The molecular weight excluding hydrogens is 224 g/mol. The molecule has 1 fully saturated rings. The third-order valence-corrected chi connectivity index (χ3v) is 3.45. The Hall–Kier alpha value is -1.35. The zero-order valence-electron chi connectivity index (χ0n) is 11.1. The van der Waals surface area contributed by atoms with Gasteiger partial charge in [-0.25, -0.2) is 0 Å². The van der Waals surface area contributed by atoms with Crippen molar-refractivity contribution < 1.29 is 4.79 Å². The summed E-state index contributed by atoms with van der Waals surface area (Å²) in [6, 6.07) is 8.58. The van der Waals surface area contributed by atoms with Crippen LogP contribution in [0.15, 0.2) is 24.3 Å². The van der Waals surface area contributed by atoms with Gasteiger partial charge in [0.15, 0.2) is 0 Å². The molecule has 0 spiro atoms. The highest BCUT2D eigenvalue weighted by molar-refractivity contribution is 5.76. The number of hydrogen-bond acceptors (Lipinski definition) is 2. The normalized spacial score (nSPS) is 15.7. The van der Waals surface area contributed by atoms with E-state index in [2.05, 4.69) is 36.5 Å². The highest BCUT2D eigenvalue weighted by atomic mass is 16.2. The van der Waals surface area contributed by atoms with Crippen molar-refractivity contribution in [2.45, 2.75) is 26.2 Å². The molecule has 18 heavy (non-hydrogen) atoms. The van der Waals surface area contributed by atoms with Gasteiger partial charge in [0, 0.05) is 32.6 Å². The van der Waals surface area contributed by atoms with Crippen LogP contribution in [-0.2, 0) is 11.2 Å². The minimum Gasteiger partial charge on any atom is -0.340 e. The second-order valence-corrected chi connectivity index (χ2v) is 4.97. The van der Waals surface area contributed by atoms with Crippen molar-refractivity contribution in [3.8, 4) is 0 Å². The summed E-state index contributed by atoms with van der Waals surface area (Å²) in [6.07, 6.45) is 2.62. The molecule has 0 saturated carbocycles. The summed E-state index contributed by atoms with van der Waals surface area (Å²) in [5, 5.41) is 3.26. The monoisotopic (exact) mass is 246 g/mol. The largest absolute Gasteiger partial charge is 0.340 e. The Balaban J connectivity index is 1.71. The molecule has 1 aromatic rings. The lowest BCUT2D eigenvalue weighted by Crippen LogP contribution is -2.46. The molecule has 0 atom stereocenters. The van der Waals surface area contributed by atoms with Crippen LogP contribution >= 0.6 is 0 Å². The molecule has 3 nitrogen and oxygen atoms in total. The average molecular weight is 246 g/mol. The highest BCUT2D eigenvalue weighted by Gasteiger charge is 2.15. The molecular formula is C15H22N2O. The van der Waals surface area contributed by atoms with Crippen LogP contribution in [-0.4, -0.2) is 37.0 Å². The predicted molar refractivity (Wildman–Crippen MR) is 73.6 cm³/mol. The predicted octanol–water partition coefficient (Wildman–Crippen LogP) is 1.75. The summed E-state index contributed by atoms with van der Waals surface area (Å²) in [5.74, 6) is 0.309. The van der Waals surface area contributed by atoms with Crippen LogP contribution in [0.3, 0.4) is 0 Å². The smallest absolute Gasteiger partial charge is 0.222 e. The van der Waals surface area contributed by atoms with Gasteiger partial charge in [0.25, 0.3) is 0 Å². The van der Waals surface area contributed by atoms with Gasteiger partial charge in [0.1, 0.15) is 0 Å². The molecule has 0 aliphatic carbocycles. The fraction of sp³-hybridized carbons (Fsp3) is 0.533. The molecule has 0 unspecified atom stereocenters. The molecule has 2 rings (SSSR count). The lowest BCUT2D eigenvalue weighted by molar-refractivity contribution is -0.131. The molecule has 1 amide bonds. The van der Waals surface area contributed by atoms with Crippen LogP contribution < -0.4 is 5.32 Å². The van der Waals surface area contributed by atoms with E-state index in [9.17, 15) is 4.79 Å². The first kappa shape index (κ1) is 13.1. The van der Waals surface area contributed by atoms with Crippen LogP contribution in [0.4, 0.5) is 0 Å². The quantitative estimate of drug-likeness (QED) is 0.878. The van der Waals surface area contributed by atoms with Gasteiger partial charge in [-0.1, -0.05) is 29.8 Å². The Labute approximate surface area is 109 Å². The maximum absolute atomic E-state index is 11.9. The number of carbonyl (C=O) groups excluding carboxylic acids is 1. The number of nitrogens with zero attached hydrogens (tertiary/aromatic N) is 1. The first-order chi connectivity index (χ1) is 8.75. The Morgan fingerprint density at radius 1 is 1.22 bits per heavy atom. The van der Waals surface area contributed by atoms with E-state index in [0.717, 1.165) is 39.0 Å². The number of nitrogens with one attached hydrogen (secondary N) is 1. The van der Waals surface area contributed by atoms with Gasteiger partial charge in [-0.3, -0.25) is 4.79 Å². The number of hydrogen-bond donors (Lipinski definition) is 1. The molecule has 1 N–H and O–H groups in total. The highest BCUT2D eigenvalue weighted by Crippen LogP contribution is 2.08. The van der Waals surface area contributed by atoms with E-state index in [4.69, 9.17) is 0 Å². The van der Waals surface area contributed by atoms with Crippen molar-refractivity contribution in [3.63, 3.8) is 0 Å². The van der Waals surface area contributed by atoms with Gasteiger partial charge in [-0.15, -0.1) is 0 Å². The fourth-order valence-electron chi connectivity index (χ4n) is 2.27. The molecule has 1 saturated heterocycles. The standard InChI is InChI=1S/C15H22N2O/c1-13-5-7-14(8-6-13)3-2-4-15(18)17-11-9-16-10-12-17/h5-8,16H,2-4,9-12H2,1H3. The van der Waals surface area contributed by atoms with Gasteiger partial charge in [0.05, 0.1) is 0 Å². The first-order valence-electron chi connectivity index (χ1n) is 6.80. The molecule has 1 heterocycles. The Bertz CT molecular complexity index is 380. The van der Waals surface area contributed by atoms with Crippen molar-refractivity contribution in [1.29, 1.82) is 0 Å². The Morgan fingerprint density at radius 3 is 2.56 bits per heavy atom. The summed E-state index contributed by atoms with van der Waals surface area (Å²) in [5.41, 5.74) is 2.62. The van der Waals surface area contributed by atoms with E-state index in [0.29, 0.717) is 12.3 Å². The van der Waals surface area contributed by atoms with Crippen molar-refractivity contribution >= 4 is 5.91 Å². The fourth-order valence-corrected chi connectivity index (χ4v) is 2.27. The molecule has 1 aliphatic heterocycles. The van der Waals surface area contributed by atoms with Crippen molar-refractivity contribution in [2.24, 2.45) is 0 Å². The Morgan fingerprint density at radius 2 is 1.89 bits per heavy atom. The van der Waals surface area contributed by atoms with E-state index in [1.807, 2.05) is 4.90 Å². The summed E-state index contributed by atoms with van der Waals surface area (Å²) in [6.45, 7) is 5.69. The minimum absolute atomic E-state index is 0.309. The van der Waals surface area contributed by atoms with Crippen LogP contribution in [0, 0.1) is 6.92 Å². The molecule has 1 aromatic carbocycles. The van der Waals surface area contributed by atoms with Crippen LogP contribution in [0.25, 0.3) is 0 Å². The second kappa shape index (κ2) is 6.55. The van der Waals surface area contributed by atoms with Crippen molar-refractivity contribution in [2.75, 3.05) is 26.2 Å². The van der Waals surface area contributed by atoms with Gasteiger partial charge >= 0.3 is 0 Å². The number of aryl methyl sites for hydroxylation is 2. The Kier molecular flexibility index (Phi) is 4.76. The van der Waals surface area contributed by atoms with E-state index in [-0.39, 0.29) is 0 Å². The second-order valence-electron chi connectivity index (χ2n) is 4.97. The molecule has 0 radical (unpaired) electrons. The molecule has 0 bridgehead atoms. The van der Waals surface area contributed by atoms with Crippen LogP contribution in [0.2, 0.25) is 0 Å². The molecule has 98 valence electrons. The summed E-state index contributed by atoms with van der Waals surface area (Å²) in [7, 11) is 0. The van der Waals surface area contributed by atoms with E-state index in [1.54, 1.807) is 0 Å². The molecule has 3 heteroatoms. The van der Waals surface area contributed by atoms with Crippen molar-refractivity contribution in [1.82, 2.24) is 10.2 Å². The van der Waals surface area contributed by atoms with Gasteiger partial charge < -0.3 is 10.2 Å². The lowest BCUT2D eigenvalue weighted by Gasteiger charge is -2.27. The van der Waals surface area contributed by atoms with Crippen LogP contribution in [0.1, 0.15) is 24.0 Å². The average Bonchev–Trinajstić information content (AvgIpc) is 2.42. The lowest BCUT2D eigenvalue weighted by atomic mass is 10.1. The zero-order chi connectivity index (χ0) is 12.8. The zero-order valence-corrected chi connectivity index (χ0v) is 11.1. The summed E-state index contributed by atoms with van der Waals surface area (Å²) < 4.78 is 0. The number of benzene rings is 1. The summed E-state index contributed by atoms with van der Waals surface area (Å²) >= 11 is 0. The third kappa shape index (κ3) is 3.84. The van der Waals surface area contributed by atoms with E-state index >= 15 is 0 Å². The number of rotatable bonds is 4. The van der Waals surface area contributed by atoms with Crippen molar-refractivity contribution in [3.05, 3.63) is 35.4 Å². The van der Waals surface area contributed by atoms with Gasteiger partial charge in [-0.05, 0) is 25.3 Å². The number of carbonyl (C=O) groups is 1. The topological polar surface area (TPSA) is 32.3 Å². The molecule has 0 aromatic heterocycles. The third-order valence-electron chi connectivity index (χ3n) is 3.45.